The standard InChI is InChI=1S/C13H12As2O/c14-11-7-3-1-5-9(11)13(16)10-6-2-4-8-12(10)15/h1-8H,14-15H2. The van der Waals surface area contributed by atoms with Crippen molar-refractivity contribution in [3.05, 3.63) is 59.7 Å². The monoisotopic (exact) mass is 334 g/mol. The molecular weight excluding hydrogens is 322 g/mol. The van der Waals surface area contributed by atoms with Crippen LogP contribution in [0.1, 0.15) is 15.9 Å². The maximum absolute atomic E-state index is 12.3. The Morgan fingerprint density at radius 3 is 1.50 bits per heavy atom. The van der Waals surface area contributed by atoms with E-state index in [4.69, 9.17) is 0 Å². The molecular formula is C13H12As2O. The van der Waals surface area contributed by atoms with E-state index in [1.54, 1.807) is 0 Å². The van der Waals surface area contributed by atoms with Crippen molar-refractivity contribution < 1.29 is 4.79 Å². The van der Waals surface area contributed by atoms with E-state index in [9.17, 15) is 4.79 Å². The molecule has 0 saturated heterocycles. The molecule has 16 heavy (non-hydrogen) atoms. The summed E-state index contributed by atoms with van der Waals surface area (Å²) in [4.78, 5) is 12.3. The Morgan fingerprint density at radius 1 is 0.750 bits per heavy atom. The first-order valence-corrected chi connectivity index (χ1v) is 7.36. The molecule has 3 heteroatoms. The summed E-state index contributed by atoms with van der Waals surface area (Å²) in [6, 6.07) is 15.6. The minimum absolute atomic E-state index is 0.139. The van der Waals surface area contributed by atoms with Crippen molar-refractivity contribution in [1.82, 2.24) is 0 Å². The Labute approximate surface area is 112 Å². The summed E-state index contributed by atoms with van der Waals surface area (Å²) in [6.45, 7) is 0. The second-order valence-electron chi connectivity index (χ2n) is 3.50. The van der Waals surface area contributed by atoms with Gasteiger partial charge in [-0.2, -0.15) is 0 Å². The fourth-order valence-electron chi connectivity index (χ4n) is 1.55. The van der Waals surface area contributed by atoms with Crippen molar-refractivity contribution in [2.24, 2.45) is 0 Å². The molecule has 80 valence electrons. The first-order chi connectivity index (χ1) is 7.70. The number of carbonyl (C=O) groups is 1. The predicted molar refractivity (Wildman–Crippen MR) is 72.7 cm³/mol. The fourth-order valence-corrected chi connectivity index (χ4v) is 2.97. The number of hydrogen-bond donors (Lipinski definition) is 0. The molecule has 1 nitrogen and oxygen atoms in total. The SMILES string of the molecule is O=C(c1ccccc1[AsH2])c1ccccc1[AsH2]. The number of ketones is 1. The fraction of sp³-hybridized carbons (Fsp3) is 0. The third kappa shape index (κ3) is 2.31. The van der Waals surface area contributed by atoms with Crippen molar-refractivity contribution in [2.45, 2.75) is 0 Å². The van der Waals surface area contributed by atoms with Crippen LogP contribution >= 0.6 is 0 Å². The van der Waals surface area contributed by atoms with Gasteiger partial charge in [-0.1, -0.05) is 0 Å². The third-order valence-corrected chi connectivity index (χ3v) is 4.52. The van der Waals surface area contributed by atoms with Crippen LogP contribution in [-0.4, -0.2) is 39.5 Å². The number of rotatable bonds is 2. The van der Waals surface area contributed by atoms with Crippen LogP contribution in [0.2, 0.25) is 0 Å². The summed E-state index contributed by atoms with van der Waals surface area (Å²) >= 11 is 2.98. The third-order valence-electron chi connectivity index (χ3n) is 2.41. The number of benzene rings is 2. The summed E-state index contributed by atoms with van der Waals surface area (Å²) in [6.07, 6.45) is 0. The molecule has 2 atom stereocenters. The van der Waals surface area contributed by atoms with Crippen molar-refractivity contribution in [3.8, 4) is 0 Å². The van der Waals surface area contributed by atoms with E-state index in [0.717, 1.165) is 19.8 Å². The van der Waals surface area contributed by atoms with Gasteiger partial charge in [0.1, 0.15) is 0 Å². The molecule has 2 unspecified atom stereocenters. The first-order valence-electron chi connectivity index (χ1n) is 4.94. The van der Waals surface area contributed by atoms with Crippen molar-refractivity contribution in [1.29, 1.82) is 0 Å². The van der Waals surface area contributed by atoms with E-state index < -0.39 is 0 Å². The van der Waals surface area contributed by atoms with E-state index in [1.807, 2.05) is 48.5 Å². The molecule has 2 aromatic rings. The molecule has 0 fully saturated rings. The summed E-state index contributed by atoms with van der Waals surface area (Å²) in [5.41, 5.74) is 1.65. The molecule has 0 heterocycles. The van der Waals surface area contributed by atoms with Crippen LogP contribution in [-0.2, 0) is 0 Å². The van der Waals surface area contributed by atoms with Crippen LogP contribution in [0.3, 0.4) is 0 Å². The van der Waals surface area contributed by atoms with Crippen molar-refractivity contribution in [3.63, 3.8) is 0 Å². The predicted octanol–water partition coefficient (Wildman–Crippen LogP) is -0.566. The van der Waals surface area contributed by atoms with Crippen LogP contribution in [0.4, 0.5) is 0 Å². The minimum atomic E-state index is 0.139. The zero-order valence-corrected chi connectivity index (χ0v) is 13.5. The van der Waals surface area contributed by atoms with E-state index in [2.05, 4.69) is 0 Å². The summed E-state index contributed by atoms with van der Waals surface area (Å²) < 4.78 is 2.19. The molecule has 0 aliphatic rings. The first kappa shape index (κ1) is 11.7. The number of carbonyl (C=O) groups excluding carboxylic acids is 1. The zero-order chi connectivity index (χ0) is 11.5. The van der Waals surface area contributed by atoms with E-state index >= 15 is 0 Å². The van der Waals surface area contributed by atoms with Gasteiger partial charge in [0, 0.05) is 0 Å². The molecule has 0 aliphatic carbocycles. The van der Waals surface area contributed by atoms with Gasteiger partial charge in [0.25, 0.3) is 0 Å². The molecule has 0 bridgehead atoms. The second kappa shape index (κ2) is 5.04. The maximum atomic E-state index is 12.3. The Bertz CT molecular complexity index is 487. The van der Waals surface area contributed by atoms with Gasteiger partial charge in [-0.15, -0.1) is 0 Å². The van der Waals surface area contributed by atoms with Gasteiger partial charge in [-0.05, 0) is 0 Å². The molecule has 0 aliphatic heterocycles. The van der Waals surface area contributed by atoms with E-state index in [-0.39, 0.29) is 5.78 Å². The average Bonchev–Trinajstić information content (AvgIpc) is 2.29. The topological polar surface area (TPSA) is 17.1 Å². The molecule has 2 rings (SSSR count). The van der Waals surface area contributed by atoms with Crippen molar-refractivity contribution >= 4 is 48.2 Å². The molecule has 2 aromatic carbocycles. The molecule has 0 spiro atoms. The molecule has 0 N–H and O–H groups in total. The number of hydrogen-bond acceptors (Lipinski definition) is 1. The Hall–Kier alpha value is -0.773. The van der Waals surface area contributed by atoms with Gasteiger partial charge in [0.2, 0.25) is 0 Å². The van der Waals surface area contributed by atoms with Crippen LogP contribution in [0.25, 0.3) is 0 Å². The van der Waals surface area contributed by atoms with Gasteiger partial charge in [0.05, 0.1) is 0 Å². The van der Waals surface area contributed by atoms with Crippen LogP contribution in [0, 0.1) is 0 Å². The molecule has 0 amide bonds. The summed E-state index contributed by atoms with van der Waals surface area (Å²) in [5, 5.41) is 0. The quantitative estimate of drug-likeness (QED) is 0.531. The Kier molecular flexibility index (Phi) is 3.69. The molecule has 0 radical (unpaired) electrons. The van der Waals surface area contributed by atoms with Crippen LogP contribution in [0.5, 0.6) is 0 Å². The van der Waals surface area contributed by atoms with E-state index in [0.29, 0.717) is 0 Å². The Morgan fingerprint density at radius 2 is 1.12 bits per heavy atom. The van der Waals surface area contributed by atoms with Gasteiger partial charge >= 0.3 is 113 Å². The van der Waals surface area contributed by atoms with Gasteiger partial charge in [-0.3, -0.25) is 0 Å². The van der Waals surface area contributed by atoms with Gasteiger partial charge in [0.15, 0.2) is 0 Å². The van der Waals surface area contributed by atoms with Crippen LogP contribution in [0.15, 0.2) is 48.5 Å². The zero-order valence-electron chi connectivity index (χ0n) is 8.68. The summed E-state index contributed by atoms with van der Waals surface area (Å²) in [5.74, 6) is 0.139. The van der Waals surface area contributed by atoms with Gasteiger partial charge < -0.3 is 0 Å². The Balaban J connectivity index is 2.48. The molecule has 0 aromatic heterocycles. The van der Waals surface area contributed by atoms with Crippen LogP contribution < -0.4 is 8.70 Å². The van der Waals surface area contributed by atoms with E-state index in [1.165, 1.54) is 33.7 Å². The van der Waals surface area contributed by atoms with Gasteiger partial charge in [-0.25, -0.2) is 0 Å². The normalized spacial score (nSPS) is 10.1. The second-order valence-corrected chi connectivity index (χ2v) is 6.11. The van der Waals surface area contributed by atoms with Crippen molar-refractivity contribution in [2.75, 3.05) is 0 Å². The molecule has 0 saturated carbocycles. The average molecular weight is 334 g/mol. The summed E-state index contributed by atoms with van der Waals surface area (Å²) in [7, 11) is 0.